The summed E-state index contributed by atoms with van der Waals surface area (Å²) < 4.78 is 36.1. The predicted octanol–water partition coefficient (Wildman–Crippen LogP) is 3.93. The van der Waals surface area contributed by atoms with Crippen molar-refractivity contribution in [3.05, 3.63) is 17.0 Å². The molecular formula is C25H41N3O5S. The van der Waals surface area contributed by atoms with Crippen LogP contribution in [-0.2, 0) is 26.1 Å². The first kappa shape index (κ1) is 26.7. The van der Waals surface area contributed by atoms with Crippen molar-refractivity contribution in [1.29, 1.82) is 0 Å². The number of nitrogens with one attached hydrogen (secondary N) is 1. The van der Waals surface area contributed by atoms with E-state index in [1.165, 1.54) is 23.6 Å². The lowest BCUT2D eigenvalue weighted by molar-refractivity contribution is -0.126. The average molecular weight is 496 g/mol. The monoisotopic (exact) mass is 495 g/mol. The van der Waals surface area contributed by atoms with Gasteiger partial charge in [-0.2, -0.15) is 4.31 Å². The molecule has 192 valence electrons. The lowest BCUT2D eigenvalue weighted by atomic mass is 9.94. The second kappa shape index (κ2) is 11.7. The molecule has 0 bridgehead atoms. The summed E-state index contributed by atoms with van der Waals surface area (Å²) in [6.07, 6.45) is 9.20. The largest absolute Gasteiger partial charge is 0.462 e. The Bertz CT molecular complexity index is 977. The minimum absolute atomic E-state index is 0.0198. The Labute approximate surface area is 204 Å². The number of hydrogen-bond donors (Lipinski definition) is 1. The van der Waals surface area contributed by atoms with Gasteiger partial charge in [0.15, 0.2) is 0 Å². The highest BCUT2D eigenvalue weighted by Gasteiger charge is 2.39. The van der Waals surface area contributed by atoms with Crippen LogP contribution in [0.3, 0.4) is 0 Å². The molecule has 2 aliphatic rings. The van der Waals surface area contributed by atoms with Crippen LogP contribution in [0.1, 0.15) is 93.4 Å². The third-order valence-electron chi connectivity index (χ3n) is 7.33. The van der Waals surface area contributed by atoms with E-state index in [-0.39, 0.29) is 41.5 Å². The Morgan fingerprint density at radius 2 is 1.62 bits per heavy atom. The van der Waals surface area contributed by atoms with Crippen LogP contribution in [0.5, 0.6) is 0 Å². The predicted molar refractivity (Wildman–Crippen MR) is 131 cm³/mol. The summed E-state index contributed by atoms with van der Waals surface area (Å²) in [5.74, 6) is -1.05. The molecule has 1 N–H and O–H groups in total. The zero-order chi connectivity index (χ0) is 24.9. The molecule has 0 radical (unpaired) electrons. The van der Waals surface area contributed by atoms with Gasteiger partial charge in [-0.25, -0.2) is 13.2 Å². The van der Waals surface area contributed by atoms with Crippen molar-refractivity contribution in [3.8, 4) is 0 Å². The normalized spacial score (nSPS) is 21.0. The first-order valence-corrected chi connectivity index (χ1v) is 14.3. The maximum absolute atomic E-state index is 13.8. The number of aromatic nitrogens is 1. The van der Waals surface area contributed by atoms with E-state index in [9.17, 15) is 18.0 Å². The van der Waals surface area contributed by atoms with Gasteiger partial charge in [0, 0.05) is 37.1 Å². The van der Waals surface area contributed by atoms with Crippen LogP contribution in [0, 0.1) is 19.8 Å². The van der Waals surface area contributed by atoms with Crippen molar-refractivity contribution in [2.75, 3.05) is 19.7 Å². The minimum Gasteiger partial charge on any atom is -0.462 e. The molecule has 0 spiro atoms. The molecule has 8 nitrogen and oxygen atoms in total. The van der Waals surface area contributed by atoms with Gasteiger partial charge in [0.2, 0.25) is 15.9 Å². The first-order chi connectivity index (χ1) is 16.2. The Kier molecular flexibility index (Phi) is 9.20. The van der Waals surface area contributed by atoms with Crippen LogP contribution in [0.15, 0.2) is 4.90 Å². The summed E-state index contributed by atoms with van der Waals surface area (Å²) in [5, 5.41) is 3.21. The maximum Gasteiger partial charge on any atom is 0.341 e. The molecule has 3 rings (SSSR count). The van der Waals surface area contributed by atoms with E-state index in [1.54, 1.807) is 20.8 Å². The standard InChI is InChI=1S/C25H41N3O5S/c1-5-28-18(3)22(25(30)33-6-2)23(19(28)4)34(31,32)27-16-12-13-20(17-27)24(29)26-21-14-10-8-7-9-11-15-21/h20-21H,5-17H2,1-4H3,(H,26,29). The van der Waals surface area contributed by atoms with Gasteiger partial charge < -0.3 is 14.6 Å². The quantitative estimate of drug-likeness (QED) is 0.578. The van der Waals surface area contributed by atoms with Crippen molar-refractivity contribution < 1.29 is 22.7 Å². The topological polar surface area (TPSA) is 97.7 Å². The molecule has 1 aromatic rings. The van der Waals surface area contributed by atoms with Crippen molar-refractivity contribution >= 4 is 21.9 Å². The minimum atomic E-state index is -3.98. The Hall–Kier alpha value is -1.87. The summed E-state index contributed by atoms with van der Waals surface area (Å²) >= 11 is 0. The van der Waals surface area contributed by atoms with E-state index >= 15 is 0 Å². The number of carbonyl (C=O) groups is 2. The van der Waals surface area contributed by atoms with Crippen molar-refractivity contribution in [1.82, 2.24) is 14.2 Å². The van der Waals surface area contributed by atoms with Gasteiger partial charge in [-0.1, -0.05) is 32.1 Å². The van der Waals surface area contributed by atoms with Crippen LogP contribution in [0.25, 0.3) is 0 Å². The maximum atomic E-state index is 13.8. The smallest absolute Gasteiger partial charge is 0.341 e. The fraction of sp³-hybridized carbons (Fsp3) is 0.760. The van der Waals surface area contributed by atoms with Crippen molar-refractivity contribution in [2.24, 2.45) is 5.92 Å². The second-order valence-corrected chi connectivity index (χ2v) is 11.5. The summed E-state index contributed by atoms with van der Waals surface area (Å²) in [6, 6.07) is 0.179. The lowest BCUT2D eigenvalue weighted by Gasteiger charge is -2.32. The Balaban J connectivity index is 1.83. The molecule has 1 saturated carbocycles. The number of hydrogen-bond acceptors (Lipinski definition) is 5. The van der Waals surface area contributed by atoms with Crippen LogP contribution in [-0.4, -0.2) is 54.9 Å². The van der Waals surface area contributed by atoms with Crippen LogP contribution >= 0.6 is 0 Å². The number of ether oxygens (including phenoxy) is 1. The van der Waals surface area contributed by atoms with Gasteiger partial charge in [-0.3, -0.25) is 4.79 Å². The summed E-state index contributed by atoms with van der Waals surface area (Å²) in [4.78, 5) is 25.9. The summed E-state index contributed by atoms with van der Waals surface area (Å²) in [6.45, 7) is 8.30. The average Bonchev–Trinajstić information content (AvgIpc) is 3.05. The third kappa shape index (κ3) is 5.67. The molecule has 9 heteroatoms. The van der Waals surface area contributed by atoms with E-state index in [0.717, 1.165) is 25.7 Å². The molecule has 0 aromatic carbocycles. The van der Waals surface area contributed by atoms with Crippen LogP contribution in [0.4, 0.5) is 0 Å². The van der Waals surface area contributed by atoms with Gasteiger partial charge >= 0.3 is 5.97 Å². The number of piperidine rings is 1. The van der Waals surface area contributed by atoms with E-state index in [0.29, 0.717) is 37.3 Å². The Morgan fingerprint density at radius 1 is 0.971 bits per heavy atom. The zero-order valence-corrected chi connectivity index (χ0v) is 22.0. The van der Waals surface area contributed by atoms with Gasteiger partial charge in [-0.15, -0.1) is 0 Å². The van der Waals surface area contributed by atoms with Gasteiger partial charge in [0.1, 0.15) is 10.5 Å². The highest BCUT2D eigenvalue weighted by molar-refractivity contribution is 7.89. The number of nitrogens with zero attached hydrogens (tertiary/aromatic N) is 2. The highest BCUT2D eigenvalue weighted by atomic mass is 32.2. The molecule has 1 saturated heterocycles. The number of rotatable bonds is 7. The Morgan fingerprint density at radius 3 is 2.24 bits per heavy atom. The molecule has 1 aliphatic carbocycles. The fourth-order valence-electron chi connectivity index (χ4n) is 5.51. The molecule has 1 unspecified atom stereocenters. The van der Waals surface area contributed by atoms with E-state index in [4.69, 9.17) is 4.74 Å². The zero-order valence-electron chi connectivity index (χ0n) is 21.2. The molecule has 1 atom stereocenters. The van der Waals surface area contributed by atoms with E-state index in [2.05, 4.69) is 5.32 Å². The molecule has 2 heterocycles. The number of carbonyl (C=O) groups excluding carboxylic acids is 2. The van der Waals surface area contributed by atoms with Crippen LogP contribution < -0.4 is 5.32 Å². The number of esters is 1. The summed E-state index contributed by atoms with van der Waals surface area (Å²) in [7, 11) is -3.98. The van der Waals surface area contributed by atoms with E-state index in [1.807, 2.05) is 11.5 Å². The molecule has 1 amide bonds. The highest BCUT2D eigenvalue weighted by Crippen LogP contribution is 2.32. The summed E-state index contributed by atoms with van der Waals surface area (Å²) in [5.41, 5.74) is 1.24. The molecule has 34 heavy (non-hydrogen) atoms. The van der Waals surface area contributed by atoms with Crippen molar-refractivity contribution in [2.45, 2.75) is 103 Å². The van der Waals surface area contributed by atoms with Gasteiger partial charge in [0.25, 0.3) is 0 Å². The van der Waals surface area contributed by atoms with Crippen LogP contribution in [0.2, 0.25) is 0 Å². The number of amides is 1. The van der Waals surface area contributed by atoms with Gasteiger partial charge in [-0.05, 0) is 53.4 Å². The lowest BCUT2D eigenvalue weighted by Crippen LogP contribution is -2.47. The number of sulfonamides is 1. The van der Waals surface area contributed by atoms with E-state index < -0.39 is 16.0 Å². The fourth-order valence-corrected chi connectivity index (χ4v) is 7.49. The van der Waals surface area contributed by atoms with Gasteiger partial charge in [0.05, 0.1) is 12.5 Å². The second-order valence-electron chi connectivity index (χ2n) is 9.59. The molecular weight excluding hydrogens is 454 g/mol. The molecule has 1 aromatic heterocycles. The molecule has 2 fully saturated rings. The SMILES string of the molecule is CCOC(=O)c1c(S(=O)(=O)N2CCCC(C(=O)NC3CCCCCCC3)C2)c(C)n(CC)c1C. The first-order valence-electron chi connectivity index (χ1n) is 12.9. The third-order valence-corrected chi connectivity index (χ3v) is 9.35. The molecule has 1 aliphatic heterocycles. The van der Waals surface area contributed by atoms with Crippen molar-refractivity contribution in [3.63, 3.8) is 0 Å².